The number of nitrogens with zero attached hydrogens (tertiary/aromatic N) is 1. The van der Waals surface area contributed by atoms with Crippen molar-refractivity contribution in [3.63, 3.8) is 0 Å². The average molecular weight is 189 g/mol. The molecule has 0 unspecified atom stereocenters. The van der Waals surface area contributed by atoms with Crippen LogP contribution in [0.15, 0.2) is 5.16 Å². The van der Waals surface area contributed by atoms with Gasteiger partial charge in [-0.15, -0.1) is 0 Å². The average Bonchev–Trinajstić information content (AvgIpc) is 2.16. The summed E-state index contributed by atoms with van der Waals surface area (Å²) in [5, 5.41) is 11.4. The highest BCUT2D eigenvalue weighted by atomic mass is 16.7. The maximum absolute atomic E-state index is 8.46. The third-order valence-corrected chi connectivity index (χ3v) is 1.53. The number of hydrogen-bond donors (Lipinski definition) is 1. The van der Waals surface area contributed by atoms with E-state index in [-0.39, 0.29) is 6.08 Å². The zero-order chi connectivity index (χ0) is 9.94. The van der Waals surface area contributed by atoms with Crippen LogP contribution in [-0.4, -0.2) is 24.5 Å². The van der Waals surface area contributed by atoms with Crippen molar-refractivity contribution in [3.05, 3.63) is 0 Å². The van der Waals surface area contributed by atoms with Gasteiger partial charge >= 0.3 is 6.08 Å². The molecule has 0 aliphatic carbocycles. The van der Waals surface area contributed by atoms with Crippen LogP contribution in [-0.2, 0) is 9.47 Å². The van der Waals surface area contributed by atoms with Gasteiger partial charge in [0.2, 0.25) is 0 Å². The molecular formula is C9H19NO3. The van der Waals surface area contributed by atoms with Gasteiger partial charge in [-0.25, -0.2) is 0 Å². The molecule has 0 fully saturated rings. The smallest absolute Gasteiger partial charge is 0.422 e. The van der Waals surface area contributed by atoms with Gasteiger partial charge in [-0.1, -0.05) is 26.7 Å². The summed E-state index contributed by atoms with van der Waals surface area (Å²) in [4.78, 5) is 0. The van der Waals surface area contributed by atoms with E-state index in [9.17, 15) is 0 Å². The van der Waals surface area contributed by atoms with Crippen LogP contribution in [0.4, 0.5) is 0 Å². The molecule has 0 saturated heterocycles. The first-order valence-corrected chi connectivity index (χ1v) is 4.82. The molecule has 13 heavy (non-hydrogen) atoms. The maximum Gasteiger partial charge on any atom is 0.422 e. The Morgan fingerprint density at radius 1 is 1.08 bits per heavy atom. The molecule has 0 aromatic heterocycles. The van der Waals surface area contributed by atoms with Crippen molar-refractivity contribution in [2.45, 2.75) is 39.5 Å². The molecule has 0 amide bonds. The van der Waals surface area contributed by atoms with E-state index in [1.807, 2.05) is 0 Å². The van der Waals surface area contributed by atoms with Gasteiger partial charge < -0.3 is 14.7 Å². The summed E-state index contributed by atoms with van der Waals surface area (Å²) < 4.78 is 10.1. The van der Waals surface area contributed by atoms with Crippen LogP contribution in [0, 0.1) is 0 Å². The summed E-state index contributed by atoms with van der Waals surface area (Å²) >= 11 is 0. The summed E-state index contributed by atoms with van der Waals surface area (Å²) in [5.74, 6) is 0. The molecular weight excluding hydrogens is 170 g/mol. The SMILES string of the molecule is CCCCOC(=NO)OCCCC. The van der Waals surface area contributed by atoms with E-state index in [0.29, 0.717) is 13.2 Å². The first-order chi connectivity index (χ1) is 6.35. The van der Waals surface area contributed by atoms with Crippen LogP contribution in [0.1, 0.15) is 39.5 Å². The summed E-state index contributed by atoms with van der Waals surface area (Å²) in [6, 6.07) is 0. The fraction of sp³-hybridized carbons (Fsp3) is 0.889. The van der Waals surface area contributed by atoms with Crippen LogP contribution in [0.3, 0.4) is 0 Å². The van der Waals surface area contributed by atoms with Crippen molar-refractivity contribution >= 4 is 6.08 Å². The standard InChI is InChI=1S/C9H19NO3/c1-3-5-7-12-9(10-11)13-8-6-4-2/h11H,3-8H2,1-2H3. The lowest BCUT2D eigenvalue weighted by molar-refractivity contribution is 0.137. The topological polar surface area (TPSA) is 51.0 Å². The second kappa shape index (κ2) is 9.16. The zero-order valence-corrected chi connectivity index (χ0v) is 8.45. The highest BCUT2D eigenvalue weighted by Crippen LogP contribution is 1.94. The molecule has 0 aromatic carbocycles. The van der Waals surface area contributed by atoms with Crippen molar-refractivity contribution in [2.75, 3.05) is 13.2 Å². The highest BCUT2D eigenvalue weighted by Gasteiger charge is 2.00. The van der Waals surface area contributed by atoms with Crippen molar-refractivity contribution < 1.29 is 14.7 Å². The lowest BCUT2D eigenvalue weighted by Gasteiger charge is -2.07. The van der Waals surface area contributed by atoms with Crippen LogP contribution >= 0.6 is 0 Å². The quantitative estimate of drug-likeness (QED) is 0.229. The summed E-state index contributed by atoms with van der Waals surface area (Å²) in [6.07, 6.45) is 3.97. The first kappa shape index (κ1) is 12.1. The summed E-state index contributed by atoms with van der Waals surface area (Å²) in [6.45, 7) is 5.22. The van der Waals surface area contributed by atoms with Gasteiger partial charge in [0.1, 0.15) is 0 Å². The van der Waals surface area contributed by atoms with Crippen molar-refractivity contribution in [1.29, 1.82) is 0 Å². The Labute approximate surface area is 79.5 Å². The van der Waals surface area contributed by atoms with Gasteiger partial charge in [-0.3, -0.25) is 0 Å². The fourth-order valence-electron chi connectivity index (χ4n) is 0.707. The van der Waals surface area contributed by atoms with Gasteiger partial charge in [0, 0.05) is 0 Å². The summed E-state index contributed by atoms with van der Waals surface area (Å²) in [5.41, 5.74) is 0. The van der Waals surface area contributed by atoms with Crippen LogP contribution in [0.5, 0.6) is 0 Å². The Morgan fingerprint density at radius 2 is 1.54 bits per heavy atom. The molecule has 0 spiro atoms. The molecule has 4 nitrogen and oxygen atoms in total. The molecule has 0 atom stereocenters. The molecule has 78 valence electrons. The van der Waals surface area contributed by atoms with Crippen molar-refractivity contribution in [1.82, 2.24) is 0 Å². The molecule has 0 aromatic rings. The van der Waals surface area contributed by atoms with E-state index in [1.165, 1.54) is 0 Å². The molecule has 0 rings (SSSR count). The molecule has 1 N–H and O–H groups in total. The predicted molar refractivity (Wildman–Crippen MR) is 50.9 cm³/mol. The second-order valence-electron chi connectivity index (χ2n) is 2.77. The number of unbranched alkanes of at least 4 members (excludes halogenated alkanes) is 2. The van der Waals surface area contributed by atoms with Crippen LogP contribution in [0.25, 0.3) is 0 Å². The van der Waals surface area contributed by atoms with Crippen LogP contribution < -0.4 is 0 Å². The molecule has 0 bridgehead atoms. The number of hydrogen-bond acceptors (Lipinski definition) is 4. The number of ether oxygens (including phenoxy) is 2. The van der Waals surface area contributed by atoms with E-state index in [4.69, 9.17) is 14.7 Å². The number of rotatable bonds is 6. The normalized spacial score (nSPS) is 9.38. The lowest BCUT2D eigenvalue weighted by atomic mass is 10.4. The Balaban J connectivity index is 3.41. The third-order valence-electron chi connectivity index (χ3n) is 1.53. The third kappa shape index (κ3) is 7.43. The largest absolute Gasteiger partial charge is 0.449 e. The summed E-state index contributed by atoms with van der Waals surface area (Å²) in [7, 11) is 0. The van der Waals surface area contributed by atoms with Gasteiger partial charge in [0.05, 0.1) is 13.2 Å². The van der Waals surface area contributed by atoms with E-state index in [1.54, 1.807) is 0 Å². The van der Waals surface area contributed by atoms with E-state index in [0.717, 1.165) is 25.7 Å². The Bertz CT molecular complexity index is 125. The monoisotopic (exact) mass is 189 g/mol. The van der Waals surface area contributed by atoms with E-state index in [2.05, 4.69) is 19.0 Å². The van der Waals surface area contributed by atoms with Gasteiger partial charge in [-0.2, -0.15) is 0 Å². The minimum atomic E-state index is -0.0121. The van der Waals surface area contributed by atoms with Crippen molar-refractivity contribution in [2.24, 2.45) is 5.16 Å². The molecule has 0 radical (unpaired) electrons. The highest BCUT2D eigenvalue weighted by molar-refractivity contribution is 5.65. The van der Waals surface area contributed by atoms with Gasteiger partial charge in [0.25, 0.3) is 0 Å². The van der Waals surface area contributed by atoms with Crippen molar-refractivity contribution in [3.8, 4) is 0 Å². The fourth-order valence-corrected chi connectivity index (χ4v) is 0.707. The molecule has 0 saturated carbocycles. The minimum Gasteiger partial charge on any atom is -0.449 e. The van der Waals surface area contributed by atoms with Crippen LogP contribution in [0.2, 0.25) is 0 Å². The first-order valence-electron chi connectivity index (χ1n) is 4.82. The molecule has 4 heteroatoms. The van der Waals surface area contributed by atoms with Gasteiger partial charge in [-0.05, 0) is 18.0 Å². The molecule has 0 heterocycles. The Morgan fingerprint density at radius 3 is 1.85 bits per heavy atom. The van der Waals surface area contributed by atoms with E-state index >= 15 is 0 Å². The second-order valence-corrected chi connectivity index (χ2v) is 2.77. The zero-order valence-electron chi connectivity index (χ0n) is 8.45. The lowest BCUT2D eigenvalue weighted by Crippen LogP contribution is -2.11. The minimum absolute atomic E-state index is 0.0121. The number of oxime groups is 1. The Hall–Kier alpha value is -0.930. The maximum atomic E-state index is 8.46. The van der Waals surface area contributed by atoms with Gasteiger partial charge in [0.15, 0.2) is 0 Å². The molecule has 0 aliphatic rings. The predicted octanol–water partition coefficient (Wildman–Crippen LogP) is 2.37. The molecule has 0 aliphatic heterocycles. The van der Waals surface area contributed by atoms with E-state index < -0.39 is 0 Å². The Kier molecular flexibility index (Phi) is 8.51.